The van der Waals surface area contributed by atoms with E-state index in [0.29, 0.717) is 18.4 Å². The van der Waals surface area contributed by atoms with Crippen molar-refractivity contribution in [2.75, 3.05) is 19.6 Å². The highest BCUT2D eigenvalue weighted by molar-refractivity contribution is 6.18. The van der Waals surface area contributed by atoms with Gasteiger partial charge in [-0.05, 0) is 6.92 Å². The number of rotatable bonds is 4. The van der Waals surface area contributed by atoms with E-state index < -0.39 is 0 Å². The van der Waals surface area contributed by atoms with Crippen LogP contribution in [0.5, 0.6) is 0 Å². The summed E-state index contributed by atoms with van der Waals surface area (Å²) in [5.74, 6) is 0.917. The molecule has 2 heteroatoms. The predicted octanol–water partition coefficient (Wildman–Crippen LogP) is 2.06. The number of ether oxygens (including phenoxy) is 1. The second kappa shape index (κ2) is 4.83. The molecule has 1 nitrogen and oxygen atoms in total. The molecule has 0 spiro atoms. The van der Waals surface area contributed by atoms with Gasteiger partial charge in [0.25, 0.3) is 0 Å². The maximum atomic E-state index is 5.60. The van der Waals surface area contributed by atoms with E-state index in [0.717, 1.165) is 5.57 Å². The van der Waals surface area contributed by atoms with E-state index in [1.807, 2.05) is 6.92 Å². The molecule has 0 aromatic carbocycles. The van der Waals surface area contributed by atoms with E-state index in [1.54, 1.807) is 7.11 Å². The summed E-state index contributed by atoms with van der Waals surface area (Å²) >= 11 is 5.60. The van der Waals surface area contributed by atoms with Crippen molar-refractivity contribution in [1.82, 2.24) is 0 Å². The highest BCUT2D eigenvalue weighted by Gasteiger charge is 2.05. The first kappa shape index (κ1) is 8.99. The summed E-state index contributed by atoms with van der Waals surface area (Å²) in [6.07, 6.45) is 0. The Labute approximate surface area is 61.7 Å². The molecule has 0 heterocycles. The minimum atomic E-state index is 0.316. The first-order chi connectivity index (χ1) is 4.22. The Morgan fingerprint density at radius 1 is 1.78 bits per heavy atom. The average molecular weight is 149 g/mol. The Hall–Kier alpha value is -0.0100. The van der Waals surface area contributed by atoms with E-state index >= 15 is 0 Å². The van der Waals surface area contributed by atoms with Gasteiger partial charge < -0.3 is 4.74 Å². The van der Waals surface area contributed by atoms with Crippen molar-refractivity contribution < 1.29 is 4.74 Å². The summed E-state index contributed by atoms with van der Waals surface area (Å²) in [4.78, 5) is 0. The van der Waals surface area contributed by atoms with Crippen molar-refractivity contribution in [1.29, 1.82) is 0 Å². The minimum absolute atomic E-state index is 0.316. The molecule has 0 aliphatic heterocycles. The second-order valence-corrected chi connectivity index (χ2v) is 2.46. The first-order valence-electron chi connectivity index (χ1n) is 2.92. The quantitative estimate of drug-likeness (QED) is 0.438. The predicted molar refractivity (Wildman–Crippen MR) is 40.9 cm³/mol. The van der Waals surface area contributed by atoms with E-state index in [1.165, 1.54) is 0 Å². The molecule has 54 valence electrons. The summed E-state index contributed by atoms with van der Waals surface area (Å²) in [5.41, 5.74) is 1.09. The lowest BCUT2D eigenvalue weighted by Crippen LogP contribution is -2.10. The van der Waals surface area contributed by atoms with Crippen LogP contribution < -0.4 is 0 Å². The molecule has 0 aromatic rings. The highest BCUT2D eigenvalue weighted by atomic mass is 35.5. The highest BCUT2D eigenvalue weighted by Crippen LogP contribution is 2.09. The smallest absolute Gasteiger partial charge is 0.0538 e. The zero-order valence-corrected chi connectivity index (χ0v) is 6.74. The molecule has 1 atom stereocenters. The van der Waals surface area contributed by atoms with Gasteiger partial charge in [0.15, 0.2) is 0 Å². The van der Waals surface area contributed by atoms with Gasteiger partial charge in [-0.3, -0.25) is 0 Å². The molecule has 0 aliphatic carbocycles. The Bertz CT molecular complexity index is 90.9. The SMILES string of the molecule is C=C(C)C(CCl)COC. The molecule has 0 amide bonds. The summed E-state index contributed by atoms with van der Waals surface area (Å²) in [5, 5.41) is 0. The van der Waals surface area contributed by atoms with Crippen molar-refractivity contribution in [3.8, 4) is 0 Å². The lowest BCUT2D eigenvalue weighted by molar-refractivity contribution is 0.173. The van der Waals surface area contributed by atoms with Crippen molar-refractivity contribution in [2.24, 2.45) is 5.92 Å². The van der Waals surface area contributed by atoms with Gasteiger partial charge >= 0.3 is 0 Å². The largest absolute Gasteiger partial charge is 0.384 e. The van der Waals surface area contributed by atoms with Gasteiger partial charge in [0.1, 0.15) is 0 Å². The van der Waals surface area contributed by atoms with Gasteiger partial charge in [-0.1, -0.05) is 12.2 Å². The van der Waals surface area contributed by atoms with Crippen LogP contribution in [0.3, 0.4) is 0 Å². The lowest BCUT2D eigenvalue weighted by atomic mass is 10.1. The molecular formula is C7H13ClO. The van der Waals surface area contributed by atoms with Crippen LogP contribution >= 0.6 is 11.6 Å². The van der Waals surface area contributed by atoms with E-state index in [9.17, 15) is 0 Å². The number of halogens is 1. The molecule has 0 aliphatic rings. The third kappa shape index (κ3) is 3.55. The fourth-order valence-corrected chi connectivity index (χ4v) is 0.872. The third-order valence-electron chi connectivity index (χ3n) is 1.25. The third-order valence-corrected chi connectivity index (χ3v) is 1.62. The van der Waals surface area contributed by atoms with Gasteiger partial charge in [0, 0.05) is 18.9 Å². The normalized spacial score (nSPS) is 13.2. The van der Waals surface area contributed by atoms with Crippen LogP contribution in [-0.2, 0) is 4.74 Å². The van der Waals surface area contributed by atoms with Gasteiger partial charge in [0.05, 0.1) is 6.61 Å². The molecule has 0 saturated heterocycles. The zero-order chi connectivity index (χ0) is 7.28. The van der Waals surface area contributed by atoms with Crippen LogP contribution in [0.4, 0.5) is 0 Å². The molecule has 0 saturated carbocycles. The van der Waals surface area contributed by atoms with Gasteiger partial charge in [-0.25, -0.2) is 0 Å². The summed E-state index contributed by atoms with van der Waals surface area (Å²) < 4.78 is 4.91. The Kier molecular flexibility index (Phi) is 4.83. The molecule has 0 fully saturated rings. The standard InChI is InChI=1S/C7H13ClO/c1-6(2)7(4-8)5-9-3/h7H,1,4-5H2,2-3H3. The van der Waals surface area contributed by atoms with Crippen molar-refractivity contribution in [3.63, 3.8) is 0 Å². The van der Waals surface area contributed by atoms with Crippen LogP contribution in [0.2, 0.25) is 0 Å². The van der Waals surface area contributed by atoms with Gasteiger partial charge in [0.2, 0.25) is 0 Å². The average Bonchev–Trinajstić information content (AvgIpc) is 1.82. The van der Waals surface area contributed by atoms with Crippen LogP contribution in [0, 0.1) is 5.92 Å². The summed E-state index contributed by atoms with van der Waals surface area (Å²) in [6.45, 7) is 6.42. The molecule has 9 heavy (non-hydrogen) atoms. The van der Waals surface area contributed by atoms with E-state index in [2.05, 4.69) is 6.58 Å². The second-order valence-electron chi connectivity index (χ2n) is 2.15. The zero-order valence-electron chi connectivity index (χ0n) is 5.98. The number of alkyl halides is 1. The molecule has 0 radical (unpaired) electrons. The van der Waals surface area contributed by atoms with Crippen LogP contribution in [0.1, 0.15) is 6.92 Å². The van der Waals surface area contributed by atoms with Crippen molar-refractivity contribution >= 4 is 11.6 Å². The molecule has 0 aromatic heterocycles. The maximum Gasteiger partial charge on any atom is 0.0538 e. The minimum Gasteiger partial charge on any atom is -0.384 e. The van der Waals surface area contributed by atoms with Crippen molar-refractivity contribution in [3.05, 3.63) is 12.2 Å². The fourth-order valence-electron chi connectivity index (χ4n) is 0.520. The molecule has 0 N–H and O–H groups in total. The van der Waals surface area contributed by atoms with E-state index in [-0.39, 0.29) is 0 Å². The van der Waals surface area contributed by atoms with Crippen molar-refractivity contribution in [2.45, 2.75) is 6.92 Å². The number of hydrogen-bond donors (Lipinski definition) is 0. The fraction of sp³-hybridized carbons (Fsp3) is 0.714. The lowest BCUT2D eigenvalue weighted by Gasteiger charge is -2.10. The van der Waals surface area contributed by atoms with Gasteiger partial charge in [-0.2, -0.15) is 0 Å². The molecular weight excluding hydrogens is 136 g/mol. The Morgan fingerprint density at radius 2 is 2.33 bits per heavy atom. The van der Waals surface area contributed by atoms with Crippen LogP contribution in [0.15, 0.2) is 12.2 Å². The van der Waals surface area contributed by atoms with Gasteiger partial charge in [-0.15, -0.1) is 11.6 Å². The maximum absolute atomic E-state index is 5.60. The molecule has 1 unspecified atom stereocenters. The Balaban J connectivity index is 3.54. The van der Waals surface area contributed by atoms with E-state index in [4.69, 9.17) is 16.3 Å². The number of methoxy groups -OCH3 is 1. The Morgan fingerprint density at radius 3 is 2.44 bits per heavy atom. The van der Waals surface area contributed by atoms with Crippen LogP contribution in [0.25, 0.3) is 0 Å². The van der Waals surface area contributed by atoms with Crippen LogP contribution in [-0.4, -0.2) is 19.6 Å². The monoisotopic (exact) mass is 148 g/mol. The topological polar surface area (TPSA) is 9.23 Å². The summed E-state index contributed by atoms with van der Waals surface area (Å²) in [6, 6.07) is 0. The molecule has 0 rings (SSSR count). The summed E-state index contributed by atoms with van der Waals surface area (Å²) in [7, 11) is 1.67. The first-order valence-corrected chi connectivity index (χ1v) is 3.46. The number of hydrogen-bond acceptors (Lipinski definition) is 1. The molecule has 0 bridgehead atoms.